The first-order valence-corrected chi connectivity index (χ1v) is 33.0. The average Bonchev–Trinajstić information content (AvgIpc) is 1.58. The van der Waals surface area contributed by atoms with Crippen LogP contribution < -0.4 is 57.8 Å². The zero-order chi connectivity index (χ0) is 75.3. The van der Waals surface area contributed by atoms with Crippen LogP contribution in [0, 0.1) is 11.8 Å². The molecule has 1 heterocycles. The molecule has 0 unspecified atom stereocenters. The Balaban J connectivity index is 1.99. The molecule has 1 fully saturated rings. The SMILES string of the molecule is CC[C@H](C)[C@H](NC(=O)[C@H](CCC(=O)O)NC(=O)[C@H](CCC(=O)O)NC(=O)[C@H](Cc1ccccc1)NC(=O)[C@@H](N)CC(=O)O)C(=O)N1CCC[C@H]1C(=O)N[C@@H](CCC(=O)O)C(=O)N[C@@H](CCC(=O)O)C(=O)N[C@@H](Cc1ccc(OS(=O)(=O)[O-])cc1)C(=O)N[C@@H](CC(C)C)C(=O)N[C@@H](C)C(=O)O. The van der Waals surface area contributed by atoms with Gasteiger partial charge in [-0.15, -0.1) is 0 Å². The summed E-state index contributed by atoms with van der Waals surface area (Å²) >= 11 is 0. The van der Waals surface area contributed by atoms with Crippen molar-refractivity contribution in [2.24, 2.45) is 17.6 Å². The van der Waals surface area contributed by atoms with Crippen LogP contribution in [0.2, 0.25) is 0 Å². The van der Waals surface area contributed by atoms with Gasteiger partial charge in [0.15, 0.2) is 0 Å². The van der Waals surface area contributed by atoms with Crippen molar-refractivity contribution in [1.82, 2.24) is 52.8 Å². The Morgan fingerprint density at radius 2 is 0.910 bits per heavy atom. The summed E-state index contributed by atoms with van der Waals surface area (Å²) in [5.74, 6) is -21.6. The molecule has 10 amide bonds. The molecule has 38 heteroatoms. The highest BCUT2D eigenvalue weighted by Gasteiger charge is 2.42. The summed E-state index contributed by atoms with van der Waals surface area (Å²) in [4.78, 5) is 213. The van der Waals surface area contributed by atoms with E-state index in [1.807, 2.05) is 0 Å². The van der Waals surface area contributed by atoms with Crippen molar-refractivity contribution < 1.29 is 125 Å². The summed E-state index contributed by atoms with van der Waals surface area (Å²) < 4.78 is 38.1. The molecule has 12 atom stereocenters. The molecule has 0 aromatic heterocycles. The molecule has 0 aliphatic carbocycles. The van der Waals surface area contributed by atoms with Crippen molar-refractivity contribution in [3.8, 4) is 5.75 Å². The van der Waals surface area contributed by atoms with E-state index in [0.717, 1.165) is 24.0 Å². The van der Waals surface area contributed by atoms with E-state index in [0.29, 0.717) is 5.56 Å². The predicted molar refractivity (Wildman–Crippen MR) is 343 cm³/mol. The second-order valence-electron chi connectivity index (χ2n) is 24.2. The zero-order valence-corrected chi connectivity index (χ0v) is 56.1. The number of likely N-dealkylation sites (tertiary alicyclic amines) is 1. The maximum Gasteiger partial charge on any atom is 0.325 e. The molecular weight excluding hydrogens is 1350 g/mol. The smallest absolute Gasteiger partial charge is 0.325 e. The van der Waals surface area contributed by atoms with E-state index >= 15 is 0 Å². The third-order valence-electron chi connectivity index (χ3n) is 15.6. The second-order valence-corrected chi connectivity index (χ2v) is 25.1. The fraction of sp³-hybridized carbons (Fsp3) is 0.548. The lowest BCUT2D eigenvalue weighted by Crippen LogP contribution is -2.61. The van der Waals surface area contributed by atoms with Crippen molar-refractivity contribution in [1.29, 1.82) is 0 Å². The Labute approximate surface area is 573 Å². The molecule has 1 saturated heterocycles. The Hall–Kier alpha value is -10.4. The number of carboxylic acid groups (broad SMARTS) is 6. The minimum absolute atomic E-state index is 0.0886. The number of carbonyl (C=O) groups is 16. The topological polar surface area (TPSA) is 598 Å². The van der Waals surface area contributed by atoms with Gasteiger partial charge in [0.05, 0.1) is 12.5 Å². The Bertz CT molecular complexity index is 3400. The van der Waals surface area contributed by atoms with Crippen LogP contribution >= 0.6 is 0 Å². The van der Waals surface area contributed by atoms with Gasteiger partial charge in [0.1, 0.15) is 66.2 Å². The Morgan fingerprint density at radius 1 is 0.520 bits per heavy atom. The van der Waals surface area contributed by atoms with E-state index in [1.165, 1.54) is 19.1 Å². The van der Waals surface area contributed by atoms with Gasteiger partial charge in [-0.1, -0.05) is 76.6 Å². The largest absolute Gasteiger partial charge is 0.716 e. The Morgan fingerprint density at radius 3 is 1.32 bits per heavy atom. The van der Waals surface area contributed by atoms with Crippen LogP contribution in [0.4, 0.5) is 0 Å². The monoisotopic (exact) mass is 1430 g/mol. The van der Waals surface area contributed by atoms with Crippen LogP contribution in [-0.4, -0.2) is 216 Å². The highest BCUT2D eigenvalue weighted by Crippen LogP contribution is 2.23. The molecule has 37 nitrogen and oxygen atoms in total. The number of rotatable bonds is 44. The van der Waals surface area contributed by atoms with Crippen molar-refractivity contribution in [2.75, 3.05) is 6.54 Å². The molecule has 0 saturated carbocycles. The van der Waals surface area contributed by atoms with Gasteiger partial charge in [-0.25, -0.2) is 8.42 Å². The first-order valence-electron chi connectivity index (χ1n) is 31.7. The maximum absolute atomic E-state index is 14.8. The number of nitrogens with zero attached hydrogens (tertiary/aromatic N) is 1. The number of hydrogen-bond donors (Lipinski definition) is 16. The Kier molecular flexibility index (Phi) is 34.0. The van der Waals surface area contributed by atoms with E-state index in [1.54, 1.807) is 51.1 Å². The van der Waals surface area contributed by atoms with Crippen molar-refractivity contribution >= 4 is 105 Å². The number of amides is 10. The number of nitrogens with two attached hydrogens (primary N) is 1. The van der Waals surface area contributed by atoms with Crippen molar-refractivity contribution in [3.63, 3.8) is 0 Å². The molecule has 0 bridgehead atoms. The van der Waals surface area contributed by atoms with Gasteiger partial charge in [0.25, 0.3) is 10.4 Å². The molecule has 0 spiro atoms. The van der Waals surface area contributed by atoms with Crippen molar-refractivity contribution in [3.05, 3.63) is 65.7 Å². The number of carbonyl (C=O) groups excluding carboxylic acids is 10. The molecule has 1 aliphatic rings. The lowest BCUT2D eigenvalue weighted by Gasteiger charge is -2.33. The summed E-state index contributed by atoms with van der Waals surface area (Å²) in [6, 6.07) is -6.01. The fourth-order valence-electron chi connectivity index (χ4n) is 10.1. The summed E-state index contributed by atoms with van der Waals surface area (Å²) in [6.45, 7) is 7.43. The highest BCUT2D eigenvalue weighted by atomic mass is 32.3. The van der Waals surface area contributed by atoms with Crippen LogP contribution in [0.3, 0.4) is 0 Å². The number of benzene rings is 2. The van der Waals surface area contributed by atoms with E-state index in [-0.39, 0.29) is 50.1 Å². The minimum Gasteiger partial charge on any atom is -0.716 e. The third-order valence-corrected chi connectivity index (χ3v) is 16.0. The number of aliphatic carboxylic acids is 6. The summed E-state index contributed by atoms with van der Waals surface area (Å²) in [5.41, 5.74) is 6.34. The van der Waals surface area contributed by atoms with Gasteiger partial charge < -0.3 is 97.9 Å². The van der Waals surface area contributed by atoms with Gasteiger partial charge in [0.2, 0.25) is 59.1 Å². The zero-order valence-electron chi connectivity index (χ0n) is 55.3. The quantitative estimate of drug-likeness (QED) is 0.0234. The van der Waals surface area contributed by atoms with Crippen LogP contribution in [0.25, 0.3) is 0 Å². The number of nitrogens with one attached hydrogen (secondary N) is 9. The normalized spacial score (nSPS) is 16.0. The highest BCUT2D eigenvalue weighted by molar-refractivity contribution is 7.81. The lowest BCUT2D eigenvalue weighted by atomic mass is 9.96. The van der Waals surface area contributed by atoms with Gasteiger partial charge in [-0.2, -0.15) is 0 Å². The number of hydrogen-bond acceptors (Lipinski definition) is 21. The molecule has 17 N–H and O–H groups in total. The van der Waals surface area contributed by atoms with E-state index < -0.39 is 248 Å². The molecule has 2 aromatic rings. The first kappa shape index (κ1) is 83.9. The first-order chi connectivity index (χ1) is 46.8. The second kappa shape index (κ2) is 40.5. The fourth-order valence-corrected chi connectivity index (χ4v) is 10.5. The molecule has 3 rings (SSSR count). The molecule has 552 valence electrons. The van der Waals surface area contributed by atoms with Gasteiger partial charge in [-0.3, -0.25) is 76.7 Å². The van der Waals surface area contributed by atoms with E-state index in [9.17, 15) is 120 Å². The van der Waals surface area contributed by atoms with Crippen LogP contribution in [0.15, 0.2) is 54.6 Å². The van der Waals surface area contributed by atoms with Crippen molar-refractivity contribution in [2.45, 2.75) is 197 Å². The molecular formula is C62H86N11O26S-. The predicted octanol–water partition coefficient (Wildman–Crippen LogP) is -2.88. The minimum atomic E-state index is -5.25. The molecule has 0 radical (unpaired) electrons. The molecule has 2 aromatic carbocycles. The van der Waals surface area contributed by atoms with E-state index in [4.69, 9.17) is 5.73 Å². The standard InChI is InChI=1S/C62H87N11O26S/c1-6-32(4)51(72-56(88)41(21-25-49(80)81)66-53(85)38(18-22-46(74)75)67-58(90)43(28-34-11-8-7-9-12-34)69-52(84)37(63)30-50(82)83)61(93)73-26-10-13-45(73)60(92)68-40(20-24-48(78)79)54(86)65-39(19-23-47(76)77)55(87)71-44(29-35-14-16-36(17-15-35)99-100(96,97)98)59(91)70-42(27-31(2)3)57(89)64-33(5)62(94)95/h7-9,11-12,14-17,31-33,37-45,51H,6,10,13,18-30,63H2,1-5H3,(H,64,89)(H,65,86)(H,66,85)(H,67,90)(H,68,92)(H,69,84)(H,70,91)(H,71,87)(H,72,88)(H,74,75)(H,76,77)(H,78,79)(H,80,81)(H,82,83)(H,94,95)(H,96,97,98)/p-1/t32-,33-,37-,38-,39-,40-,41-,42-,43-,44-,45-,51-/m0/s1. The molecule has 1 aliphatic heterocycles. The van der Waals surface area contributed by atoms with Gasteiger partial charge in [0, 0.05) is 45.1 Å². The van der Waals surface area contributed by atoms with Crippen LogP contribution in [0.1, 0.15) is 129 Å². The lowest BCUT2D eigenvalue weighted by molar-refractivity contribution is -0.144. The third kappa shape index (κ3) is 29.8. The summed E-state index contributed by atoms with van der Waals surface area (Å²) in [7, 11) is -5.25. The maximum atomic E-state index is 14.8. The summed E-state index contributed by atoms with van der Waals surface area (Å²) in [5, 5.41) is 78.7. The summed E-state index contributed by atoms with van der Waals surface area (Å²) in [6.07, 6.45) is -7.58. The van der Waals surface area contributed by atoms with Crippen LogP contribution in [-0.2, 0) is 100.0 Å². The molecule has 100 heavy (non-hydrogen) atoms. The average molecular weight is 1430 g/mol. The van der Waals surface area contributed by atoms with Gasteiger partial charge >= 0.3 is 35.8 Å². The van der Waals surface area contributed by atoms with E-state index in [2.05, 4.69) is 52.0 Å². The van der Waals surface area contributed by atoms with Crippen LogP contribution in [0.5, 0.6) is 5.75 Å². The number of carboxylic acids is 6. The van der Waals surface area contributed by atoms with Gasteiger partial charge in [-0.05, 0) is 87.0 Å².